The first kappa shape index (κ1) is 14.4. The lowest BCUT2D eigenvalue weighted by molar-refractivity contribution is 0.153. The highest BCUT2D eigenvalue weighted by atomic mass is 15.2. The molecule has 0 unspecified atom stereocenters. The SMILES string of the molecule is Cc1ccc(CNCCCN2CCN(C)CC2)cn1. The van der Waals surface area contributed by atoms with E-state index in [1.807, 2.05) is 13.1 Å². The van der Waals surface area contributed by atoms with Crippen molar-refractivity contribution in [3.63, 3.8) is 0 Å². The van der Waals surface area contributed by atoms with E-state index in [0.717, 1.165) is 18.8 Å². The van der Waals surface area contributed by atoms with Crippen molar-refractivity contribution in [3.05, 3.63) is 29.6 Å². The molecule has 0 amide bonds. The molecule has 0 saturated carbocycles. The van der Waals surface area contributed by atoms with E-state index >= 15 is 0 Å². The number of nitrogens with one attached hydrogen (secondary N) is 1. The monoisotopic (exact) mass is 262 g/mol. The van der Waals surface area contributed by atoms with Crippen molar-refractivity contribution >= 4 is 0 Å². The first-order valence-electron chi connectivity index (χ1n) is 7.27. The van der Waals surface area contributed by atoms with E-state index in [4.69, 9.17) is 0 Å². The molecule has 0 aliphatic carbocycles. The first-order chi connectivity index (χ1) is 9.24. The van der Waals surface area contributed by atoms with Crippen LogP contribution in [-0.2, 0) is 6.54 Å². The lowest BCUT2D eigenvalue weighted by atomic mass is 10.2. The first-order valence-corrected chi connectivity index (χ1v) is 7.27. The van der Waals surface area contributed by atoms with Crippen LogP contribution in [0.25, 0.3) is 0 Å². The molecule has 1 aliphatic rings. The molecule has 4 nitrogen and oxygen atoms in total. The Morgan fingerprint density at radius 1 is 1.21 bits per heavy atom. The molecule has 0 bridgehead atoms. The number of pyridine rings is 1. The quantitative estimate of drug-likeness (QED) is 0.779. The van der Waals surface area contributed by atoms with Crippen molar-refractivity contribution in [2.75, 3.05) is 46.3 Å². The highest BCUT2D eigenvalue weighted by molar-refractivity contribution is 5.12. The van der Waals surface area contributed by atoms with Gasteiger partial charge in [-0.2, -0.15) is 0 Å². The van der Waals surface area contributed by atoms with Crippen LogP contribution in [0.3, 0.4) is 0 Å². The van der Waals surface area contributed by atoms with E-state index in [0.29, 0.717) is 0 Å². The fraction of sp³-hybridized carbons (Fsp3) is 0.667. The van der Waals surface area contributed by atoms with Crippen molar-refractivity contribution in [1.82, 2.24) is 20.1 Å². The molecular formula is C15H26N4. The topological polar surface area (TPSA) is 31.4 Å². The Kier molecular flexibility index (Phi) is 5.76. The van der Waals surface area contributed by atoms with E-state index in [2.05, 4.69) is 39.3 Å². The van der Waals surface area contributed by atoms with Crippen molar-refractivity contribution < 1.29 is 0 Å². The Hall–Kier alpha value is -0.970. The lowest BCUT2D eigenvalue weighted by Crippen LogP contribution is -2.45. The van der Waals surface area contributed by atoms with Crippen LogP contribution in [0.5, 0.6) is 0 Å². The highest BCUT2D eigenvalue weighted by Gasteiger charge is 2.12. The lowest BCUT2D eigenvalue weighted by Gasteiger charge is -2.32. The van der Waals surface area contributed by atoms with Crippen LogP contribution in [0.15, 0.2) is 18.3 Å². The van der Waals surface area contributed by atoms with Gasteiger partial charge in [0.25, 0.3) is 0 Å². The zero-order valence-electron chi connectivity index (χ0n) is 12.2. The van der Waals surface area contributed by atoms with Crippen molar-refractivity contribution in [2.24, 2.45) is 0 Å². The zero-order chi connectivity index (χ0) is 13.5. The highest BCUT2D eigenvalue weighted by Crippen LogP contribution is 2.00. The molecular weight excluding hydrogens is 236 g/mol. The second kappa shape index (κ2) is 7.58. The third-order valence-corrected chi connectivity index (χ3v) is 3.73. The second-order valence-electron chi connectivity index (χ2n) is 5.48. The van der Waals surface area contributed by atoms with Gasteiger partial charge in [-0.05, 0) is 45.1 Å². The number of rotatable bonds is 6. The Labute approximate surface area is 116 Å². The minimum absolute atomic E-state index is 0.927. The van der Waals surface area contributed by atoms with E-state index < -0.39 is 0 Å². The summed E-state index contributed by atoms with van der Waals surface area (Å²) in [5.74, 6) is 0. The summed E-state index contributed by atoms with van der Waals surface area (Å²) < 4.78 is 0. The summed E-state index contributed by atoms with van der Waals surface area (Å²) in [6, 6.07) is 4.22. The fourth-order valence-electron chi connectivity index (χ4n) is 2.33. The maximum atomic E-state index is 4.31. The number of likely N-dealkylation sites (N-methyl/N-ethyl adjacent to an activating group) is 1. The standard InChI is InChI=1S/C15H26N4/c1-14-4-5-15(13-17-14)12-16-6-3-7-19-10-8-18(2)9-11-19/h4-5,13,16H,3,6-12H2,1-2H3. The molecule has 19 heavy (non-hydrogen) atoms. The summed E-state index contributed by atoms with van der Waals surface area (Å²) in [5.41, 5.74) is 2.35. The van der Waals surface area contributed by atoms with Crippen LogP contribution < -0.4 is 5.32 Å². The second-order valence-corrected chi connectivity index (χ2v) is 5.48. The van der Waals surface area contributed by atoms with Crippen molar-refractivity contribution in [1.29, 1.82) is 0 Å². The van der Waals surface area contributed by atoms with Gasteiger partial charge in [0.2, 0.25) is 0 Å². The molecule has 106 valence electrons. The minimum Gasteiger partial charge on any atom is -0.313 e. The average Bonchev–Trinajstić information content (AvgIpc) is 2.43. The van der Waals surface area contributed by atoms with E-state index in [-0.39, 0.29) is 0 Å². The summed E-state index contributed by atoms with van der Waals surface area (Å²) in [6.45, 7) is 10.1. The maximum absolute atomic E-state index is 4.31. The predicted molar refractivity (Wildman–Crippen MR) is 79.2 cm³/mol. The number of piperazine rings is 1. The van der Waals surface area contributed by atoms with Crippen LogP contribution >= 0.6 is 0 Å². The largest absolute Gasteiger partial charge is 0.313 e. The molecule has 1 aromatic rings. The molecule has 0 radical (unpaired) electrons. The van der Waals surface area contributed by atoms with E-state index in [9.17, 15) is 0 Å². The molecule has 2 heterocycles. The van der Waals surface area contributed by atoms with Crippen LogP contribution in [-0.4, -0.2) is 61.1 Å². The van der Waals surface area contributed by atoms with E-state index in [1.165, 1.54) is 44.7 Å². The summed E-state index contributed by atoms with van der Waals surface area (Å²) >= 11 is 0. The molecule has 1 aliphatic heterocycles. The normalized spacial score (nSPS) is 17.8. The Balaban J connectivity index is 1.53. The zero-order valence-corrected chi connectivity index (χ0v) is 12.2. The van der Waals surface area contributed by atoms with Gasteiger partial charge in [0.15, 0.2) is 0 Å². The van der Waals surface area contributed by atoms with Gasteiger partial charge in [0.05, 0.1) is 0 Å². The number of aromatic nitrogens is 1. The summed E-state index contributed by atoms with van der Waals surface area (Å²) in [7, 11) is 2.20. The fourth-order valence-corrected chi connectivity index (χ4v) is 2.33. The van der Waals surface area contributed by atoms with Crippen molar-refractivity contribution in [3.8, 4) is 0 Å². The van der Waals surface area contributed by atoms with Crippen LogP contribution in [0.2, 0.25) is 0 Å². The average molecular weight is 262 g/mol. The number of aryl methyl sites for hydroxylation is 1. The Morgan fingerprint density at radius 2 is 2.00 bits per heavy atom. The molecule has 0 aromatic carbocycles. The van der Waals surface area contributed by atoms with Crippen LogP contribution in [0, 0.1) is 6.92 Å². The molecule has 4 heteroatoms. The number of nitrogens with zero attached hydrogens (tertiary/aromatic N) is 3. The summed E-state index contributed by atoms with van der Waals surface area (Å²) in [6.07, 6.45) is 3.19. The van der Waals surface area contributed by atoms with E-state index in [1.54, 1.807) is 0 Å². The van der Waals surface area contributed by atoms with Gasteiger partial charge in [-0.25, -0.2) is 0 Å². The van der Waals surface area contributed by atoms with Gasteiger partial charge >= 0.3 is 0 Å². The third-order valence-electron chi connectivity index (χ3n) is 3.73. The molecule has 1 aromatic heterocycles. The predicted octanol–water partition coefficient (Wildman–Crippen LogP) is 1.12. The third kappa shape index (κ3) is 5.27. The number of hydrogen-bond donors (Lipinski definition) is 1. The maximum Gasteiger partial charge on any atom is 0.0372 e. The Morgan fingerprint density at radius 3 is 2.68 bits per heavy atom. The number of hydrogen-bond acceptors (Lipinski definition) is 4. The molecule has 0 atom stereocenters. The molecule has 2 rings (SSSR count). The van der Waals surface area contributed by atoms with Gasteiger partial charge in [-0.1, -0.05) is 6.07 Å². The van der Waals surface area contributed by atoms with Gasteiger partial charge in [-0.15, -0.1) is 0 Å². The Bertz CT molecular complexity index is 355. The minimum atomic E-state index is 0.927. The smallest absolute Gasteiger partial charge is 0.0372 e. The molecule has 1 N–H and O–H groups in total. The van der Waals surface area contributed by atoms with Gasteiger partial charge < -0.3 is 15.1 Å². The van der Waals surface area contributed by atoms with Crippen LogP contribution in [0.4, 0.5) is 0 Å². The van der Waals surface area contributed by atoms with Gasteiger partial charge in [0.1, 0.15) is 0 Å². The molecule has 1 saturated heterocycles. The van der Waals surface area contributed by atoms with Crippen molar-refractivity contribution in [2.45, 2.75) is 19.9 Å². The van der Waals surface area contributed by atoms with Gasteiger partial charge in [0, 0.05) is 44.6 Å². The summed E-state index contributed by atoms with van der Waals surface area (Å²) in [5, 5.41) is 3.49. The molecule has 1 fully saturated rings. The molecule has 0 spiro atoms. The van der Waals surface area contributed by atoms with Crippen LogP contribution in [0.1, 0.15) is 17.7 Å². The summed E-state index contributed by atoms with van der Waals surface area (Å²) in [4.78, 5) is 9.27. The van der Waals surface area contributed by atoms with Gasteiger partial charge in [-0.3, -0.25) is 4.98 Å².